The summed E-state index contributed by atoms with van der Waals surface area (Å²) in [6, 6.07) is 28.0. The molecular weight excluding hydrogens is 945 g/mol. The van der Waals surface area contributed by atoms with E-state index in [1.807, 2.05) is 77.1 Å². The number of rotatable bonds is 26. The van der Waals surface area contributed by atoms with Gasteiger partial charge in [0.1, 0.15) is 5.76 Å². The Hall–Kier alpha value is -5.52. The van der Waals surface area contributed by atoms with Crippen LogP contribution in [0.1, 0.15) is 123 Å². The number of hydrogen-bond donors (Lipinski definition) is 2. The number of amides is 1. The molecule has 0 spiro atoms. The Labute approximate surface area is 437 Å². The van der Waals surface area contributed by atoms with Gasteiger partial charge >= 0.3 is 18.0 Å². The molecule has 2 fully saturated rings. The first-order valence-corrected chi connectivity index (χ1v) is 26.2. The van der Waals surface area contributed by atoms with E-state index < -0.39 is 77.6 Å². The Morgan fingerprint density at radius 1 is 0.959 bits per heavy atom. The smallest absolute Gasteiger partial charge is 0.410 e. The largest absolute Gasteiger partial charge is 0.456 e. The lowest BCUT2D eigenvalue weighted by molar-refractivity contribution is -0.300. The van der Waals surface area contributed by atoms with E-state index in [1.165, 1.54) is 0 Å². The highest BCUT2D eigenvalue weighted by Gasteiger charge is 2.57. The van der Waals surface area contributed by atoms with Crippen LogP contribution in [-0.2, 0) is 51.0 Å². The minimum absolute atomic E-state index is 0.111. The number of methoxy groups -OCH3 is 1. The number of aliphatic hydroxyl groups is 1. The molecule has 3 aliphatic rings. The summed E-state index contributed by atoms with van der Waals surface area (Å²) < 4.78 is 45.7. The number of esters is 2. The summed E-state index contributed by atoms with van der Waals surface area (Å²) in [4.78, 5) is 48.2. The van der Waals surface area contributed by atoms with Gasteiger partial charge in [0, 0.05) is 64.0 Å². The number of nitrogens with zero attached hydrogens (tertiary/aromatic N) is 5. The van der Waals surface area contributed by atoms with Gasteiger partial charge in [-0.15, -0.1) is 0 Å². The minimum Gasteiger partial charge on any atom is -0.456 e. The van der Waals surface area contributed by atoms with E-state index in [4.69, 9.17) is 38.7 Å². The highest BCUT2D eigenvalue weighted by Crippen LogP contribution is 2.42. The number of aliphatic hydroxyl groups excluding tert-OH is 1. The highest BCUT2D eigenvalue weighted by molar-refractivity contribution is 5.90. The van der Waals surface area contributed by atoms with Crippen molar-refractivity contribution in [3.8, 4) is 0 Å². The number of azide groups is 1. The van der Waals surface area contributed by atoms with Gasteiger partial charge in [0.05, 0.1) is 47.1 Å². The van der Waals surface area contributed by atoms with Crippen LogP contribution in [0.2, 0.25) is 0 Å². The molecule has 12 atom stereocenters. The SMILES string of the molecule is CC[C@@H](O)[C@@]1(C)OC(=O)N(CCCCN=[N+]=[N-])[C@@H]1[C@@H](C)NC[C@H](C)C[C@@](C)(OC)[C@H](O[C@@H]1O[C@H](C)C[C@H](N(Cc2ccccc2)Cc2ccccc2)[C@H]1OC(=O)c1ccccc1)[C@@H](C)C1=C(C)C(=O)OC(C)(C)O1. The predicted octanol–water partition coefficient (Wildman–Crippen LogP) is 9.87. The van der Waals surface area contributed by atoms with Crippen molar-refractivity contribution >= 4 is 18.0 Å². The van der Waals surface area contributed by atoms with Gasteiger partial charge in [0.15, 0.2) is 18.0 Å². The number of carbonyl (C=O) groups excluding carboxylic acids is 3. The molecule has 3 aromatic carbocycles. The van der Waals surface area contributed by atoms with Crippen LogP contribution in [-0.4, -0.2) is 126 Å². The zero-order valence-electron chi connectivity index (χ0n) is 45.3. The molecular formula is C57H80N6O11. The molecule has 6 rings (SSSR count). The van der Waals surface area contributed by atoms with Crippen LogP contribution in [0.4, 0.5) is 4.79 Å². The maximum absolute atomic E-state index is 14.4. The molecule has 0 unspecified atom stereocenters. The molecule has 2 saturated heterocycles. The van der Waals surface area contributed by atoms with Crippen molar-refractivity contribution in [1.82, 2.24) is 15.1 Å². The lowest BCUT2D eigenvalue weighted by Gasteiger charge is -2.49. The van der Waals surface area contributed by atoms with Crippen molar-refractivity contribution in [2.45, 2.75) is 180 Å². The molecule has 0 saturated carbocycles. The molecule has 1 amide bonds. The van der Waals surface area contributed by atoms with Crippen LogP contribution in [0.3, 0.4) is 0 Å². The van der Waals surface area contributed by atoms with E-state index in [0.29, 0.717) is 81.7 Å². The number of cyclic esters (lactones) is 2. The summed E-state index contributed by atoms with van der Waals surface area (Å²) in [5.74, 6) is -2.70. The number of unbranched alkanes of at least 4 members (excludes halogenated alkanes) is 1. The molecule has 404 valence electrons. The van der Waals surface area contributed by atoms with E-state index >= 15 is 0 Å². The Balaban J connectivity index is 1.36. The monoisotopic (exact) mass is 1020 g/mol. The summed E-state index contributed by atoms with van der Waals surface area (Å²) >= 11 is 0. The third kappa shape index (κ3) is 14.2. The van der Waals surface area contributed by atoms with Gasteiger partial charge in [-0.2, -0.15) is 0 Å². The van der Waals surface area contributed by atoms with Gasteiger partial charge in [-0.3, -0.25) is 9.80 Å². The van der Waals surface area contributed by atoms with E-state index in [2.05, 4.69) is 51.4 Å². The van der Waals surface area contributed by atoms with Gasteiger partial charge < -0.3 is 43.6 Å². The summed E-state index contributed by atoms with van der Waals surface area (Å²) in [6.45, 7) is 20.9. The topological polar surface area (TPSA) is 203 Å². The van der Waals surface area contributed by atoms with Crippen molar-refractivity contribution < 1.29 is 52.6 Å². The van der Waals surface area contributed by atoms with Crippen molar-refractivity contribution in [2.75, 3.05) is 26.7 Å². The molecule has 0 bridgehead atoms. The highest BCUT2D eigenvalue weighted by atomic mass is 16.7. The number of nitrogens with one attached hydrogen (secondary N) is 1. The quantitative estimate of drug-likeness (QED) is 0.0192. The molecule has 3 aliphatic heterocycles. The average molecular weight is 1030 g/mol. The second-order valence-electron chi connectivity index (χ2n) is 21.3. The van der Waals surface area contributed by atoms with E-state index in [1.54, 1.807) is 64.0 Å². The lowest BCUT2D eigenvalue weighted by atomic mass is 9.80. The van der Waals surface area contributed by atoms with Crippen molar-refractivity contribution in [3.05, 3.63) is 129 Å². The van der Waals surface area contributed by atoms with Gasteiger partial charge in [0.2, 0.25) is 5.79 Å². The summed E-state index contributed by atoms with van der Waals surface area (Å²) in [5.41, 5.74) is 9.31. The Bertz CT molecular complexity index is 2350. The number of hydrogen-bond acceptors (Lipinski definition) is 14. The maximum atomic E-state index is 14.4. The third-order valence-corrected chi connectivity index (χ3v) is 14.9. The number of ether oxygens (including phenoxy) is 7. The Kier molecular flexibility index (Phi) is 20.1. The van der Waals surface area contributed by atoms with Gasteiger partial charge in [-0.1, -0.05) is 105 Å². The molecule has 0 aliphatic carbocycles. The molecule has 3 aromatic rings. The Morgan fingerprint density at radius 2 is 1.57 bits per heavy atom. The molecule has 0 radical (unpaired) electrons. The molecule has 17 heteroatoms. The molecule has 0 aromatic heterocycles. The third-order valence-electron chi connectivity index (χ3n) is 14.9. The van der Waals surface area contributed by atoms with Crippen molar-refractivity contribution in [2.24, 2.45) is 17.0 Å². The molecule has 3 heterocycles. The van der Waals surface area contributed by atoms with Gasteiger partial charge in [0.25, 0.3) is 0 Å². The predicted molar refractivity (Wildman–Crippen MR) is 280 cm³/mol. The minimum atomic E-state index is -1.28. The zero-order chi connectivity index (χ0) is 53.8. The molecule has 2 N–H and O–H groups in total. The standard InChI is InChI=1S/C57H80N6O11/c1-12-46(64)57(10)49(63(54(67)74-57)31-23-22-30-60-61-58)41(6)59-34-37(2)33-56(9,68-11)50(39(4)47-40(5)51(65)73-55(7,8)72-47)71-53-48(70-52(66)44-28-20-15-21-29-44)45(32-38(3)69-53)62(35-42-24-16-13-17-25-42)36-43-26-18-14-19-27-43/h13-21,24-29,37-39,41,45-46,48-50,53,59,64H,12,22-23,30-36H2,1-11H3/t37-,38-,39+,41-,45+,46-,48-,49-,50-,53+,56-,57-/m1/s1. The zero-order valence-corrected chi connectivity index (χ0v) is 45.3. The van der Waals surface area contributed by atoms with Crippen molar-refractivity contribution in [3.63, 3.8) is 0 Å². The average Bonchev–Trinajstić information content (AvgIpc) is 3.65. The normalized spacial score (nSPS) is 25.6. The second-order valence-corrected chi connectivity index (χ2v) is 21.3. The van der Waals surface area contributed by atoms with Gasteiger partial charge in [-0.25, -0.2) is 14.4 Å². The van der Waals surface area contributed by atoms with E-state index in [-0.39, 0.29) is 18.1 Å². The fourth-order valence-corrected chi connectivity index (χ4v) is 11.1. The van der Waals surface area contributed by atoms with Crippen molar-refractivity contribution in [1.29, 1.82) is 0 Å². The Morgan fingerprint density at radius 3 is 2.15 bits per heavy atom. The summed E-state index contributed by atoms with van der Waals surface area (Å²) in [5, 5.41) is 18.6. The van der Waals surface area contributed by atoms with Gasteiger partial charge in [-0.05, 0) is 108 Å². The summed E-state index contributed by atoms with van der Waals surface area (Å²) in [7, 11) is 1.63. The van der Waals surface area contributed by atoms with Crippen LogP contribution in [0, 0.1) is 11.8 Å². The van der Waals surface area contributed by atoms with Crippen LogP contribution < -0.4 is 5.32 Å². The number of benzene rings is 3. The number of carbonyl (C=O) groups is 3. The van der Waals surface area contributed by atoms with Crippen LogP contribution in [0.25, 0.3) is 10.4 Å². The van der Waals surface area contributed by atoms with Crippen LogP contribution in [0.15, 0.2) is 107 Å². The maximum Gasteiger partial charge on any atom is 0.410 e. The fraction of sp³-hybridized carbons (Fsp3) is 0.596. The second kappa shape index (κ2) is 25.8. The van der Waals surface area contributed by atoms with E-state index in [9.17, 15) is 19.5 Å². The molecule has 74 heavy (non-hydrogen) atoms. The molecule has 17 nitrogen and oxygen atoms in total. The first-order valence-electron chi connectivity index (χ1n) is 26.2. The van der Waals surface area contributed by atoms with Crippen LogP contribution in [0.5, 0.6) is 0 Å². The first-order chi connectivity index (χ1) is 35.2. The fourth-order valence-electron chi connectivity index (χ4n) is 11.1. The first kappa shape index (κ1) is 57.8. The van der Waals surface area contributed by atoms with Crippen LogP contribution >= 0.6 is 0 Å². The summed E-state index contributed by atoms with van der Waals surface area (Å²) in [6.07, 6.45) is -2.29. The lowest BCUT2D eigenvalue weighted by Crippen LogP contribution is -2.61. The van der Waals surface area contributed by atoms with E-state index in [0.717, 1.165) is 11.1 Å².